The van der Waals surface area contributed by atoms with E-state index in [1.165, 1.54) is 0 Å². The lowest BCUT2D eigenvalue weighted by Gasteiger charge is -2.12. The van der Waals surface area contributed by atoms with Crippen LogP contribution < -0.4 is 10.6 Å². The lowest BCUT2D eigenvalue weighted by molar-refractivity contribution is 0.102. The van der Waals surface area contributed by atoms with Crippen LogP contribution in [0, 0.1) is 0 Å². The van der Waals surface area contributed by atoms with Crippen molar-refractivity contribution < 1.29 is 4.79 Å². The number of amides is 1. The molecular formula is C28H20ClN3O. The number of hydrogen-bond acceptors (Lipinski definition) is 3. The van der Waals surface area contributed by atoms with Crippen molar-refractivity contribution in [1.82, 2.24) is 4.98 Å². The maximum absolute atomic E-state index is 13.3. The number of fused-ring (bicyclic) bond motifs is 1. The SMILES string of the molecule is O=C(Nc1ccc(Nc2ccccc2)cc1)c1cc(-c2ccccc2Cl)nc2ccccc12. The Balaban J connectivity index is 1.44. The van der Waals surface area contributed by atoms with Gasteiger partial charge in [-0.1, -0.05) is 66.2 Å². The van der Waals surface area contributed by atoms with Gasteiger partial charge in [-0.05, 0) is 54.6 Å². The Kier molecular flexibility index (Phi) is 5.75. The van der Waals surface area contributed by atoms with Gasteiger partial charge in [0.2, 0.25) is 0 Å². The van der Waals surface area contributed by atoms with E-state index in [2.05, 4.69) is 10.6 Å². The number of nitrogens with zero attached hydrogens (tertiary/aromatic N) is 1. The van der Waals surface area contributed by atoms with Gasteiger partial charge in [-0.2, -0.15) is 0 Å². The first-order valence-electron chi connectivity index (χ1n) is 10.6. The number of rotatable bonds is 5. The number of para-hydroxylation sites is 2. The number of nitrogens with one attached hydrogen (secondary N) is 2. The van der Waals surface area contributed by atoms with E-state index in [-0.39, 0.29) is 5.91 Å². The Morgan fingerprint density at radius 3 is 2.12 bits per heavy atom. The van der Waals surface area contributed by atoms with E-state index >= 15 is 0 Å². The zero-order valence-corrected chi connectivity index (χ0v) is 18.4. The zero-order valence-electron chi connectivity index (χ0n) is 17.6. The summed E-state index contributed by atoms with van der Waals surface area (Å²) < 4.78 is 0. The number of carbonyl (C=O) groups excluding carboxylic acids is 1. The molecule has 0 aliphatic carbocycles. The molecule has 5 rings (SSSR count). The number of carbonyl (C=O) groups is 1. The molecule has 0 unspecified atom stereocenters. The maximum Gasteiger partial charge on any atom is 0.256 e. The fourth-order valence-electron chi connectivity index (χ4n) is 3.69. The molecule has 4 nitrogen and oxygen atoms in total. The second-order valence-corrected chi connectivity index (χ2v) is 7.98. The molecule has 33 heavy (non-hydrogen) atoms. The molecule has 0 bridgehead atoms. The van der Waals surface area contributed by atoms with E-state index in [0.29, 0.717) is 22.0 Å². The largest absolute Gasteiger partial charge is 0.356 e. The molecular weight excluding hydrogens is 430 g/mol. The van der Waals surface area contributed by atoms with Crippen LogP contribution in [0.1, 0.15) is 10.4 Å². The average Bonchev–Trinajstić information content (AvgIpc) is 2.85. The van der Waals surface area contributed by atoms with Crippen molar-refractivity contribution in [3.63, 3.8) is 0 Å². The predicted molar refractivity (Wildman–Crippen MR) is 136 cm³/mol. The van der Waals surface area contributed by atoms with E-state index < -0.39 is 0 Å². The van der Waals surface area contributed by atoms with Gasteiger partial charge >= 0.3 is 0 Å². The van der Waals surface area contributed by atoms with Crippen molar-refractivity contribution in [2.75, 3.05) is 10.6 Å². The smallest absolute Gasteiger partial charge is 0.256 e. The molecule has 0 aliphatic rings. The summed E-state index contributed by atoms with van der Waals surface area (Å²) in [7, 11) is 0. The topological polar surface area (TPSA) is 54.0 Å². The summed E-state index contributed by atoms with van der Waals surface area (Å²) >= 11 is 6.40. The second kappa shape index (κ2) is 9.15. The van der Waals surface area contributed by atoms with Crippen molar-refractivity contribution in [2.45, 2.75) is 0 Å². The number of aromatic nitrogens is 1. The molecule has 0 atom stereocenters. The Morgan fingerprint density at radius 2 is 1.33 bits per heavy atom. The second-order valence-electron chi connectivity index (χ2n) is 7.57. The normalized spacial score (nSPS) is 10.7. The van der Waals surface area contributed by atoms with Crippen LogP contribution >= 0.6 is 11.6 Å². The van der Waals surface area contributed by atoms with Crippen molar-refractivity contribution >= 4 is 45.5 Å². The monoisotopic (exact) mass is 449 g/mol. The fraction of sp³-hybridized carbons (Fsp3) is 0. The van der Waals surface area contributed by atoms with Crippen molar-refractivity contribution in [2.24, 2.45) is 0 Å². The third kappa shape index (κ3) is 4.56. The molecule has 1 aromatic heterocycles. The molecule has 1 heterocycles. The van der Waals surface area contributed by atoms with E-state index in [1.54, 1.807) is 6.07 Å². The number of anilines is 3. The minimum atomic E-state index is -0.203. The molecule has 160 valence electrons. The average molecular weight is 450 g/mol. The van der Waals surface area contributed by atoms with Crippen LogP contribution in [0.15, 0.2) is 109 Å². The molecule has 0 saturated carbocycles. The summed E-state index contributed by atoms with van der Waals surface area (Å²) in [5, 5.41) is 7.72. The molecule has 1 amide bonds. The molecule has 0 spiro atoms. The van der Waals surface area contributed by atoms with Gasteiger partial charge in [0.25, 0.3) is 5.91 Å². The van der Waals surface area contributed by atoms with Gasteiger partial charge in [0.1, 0.15) is 0 Å². The minimum Gasteiger partial charge on any atom is -0.356 e. The van der Waals surface area contributed by atoms with E-state index in [9.17, 15) is 4.79 Å². The van der Waals surface area contributed by atoms with Gasteiger partial charge in [0.05, 0.1) is 16.8 Å². The molecule has 4 aromatic carbocycles. The minimum absolute atomic E-state index is 0.203. The first kappa shape index (κ1) is 20.7. The van der Waals surface area contributed by atoms with Gasteiger partial charge in [-0.3, -0.25) is 4.79 Å². The summed E-state index contributed by atoms with van der Waals surface area (Å²) in [6, 6.07) is 34.5. The first-order valence-corrected chi connectivity index (χ1v) is 10.9. The highest BCUT2D eigenvalue weighted by Gasteiger charge is 2.15. The lowest BCUT2D eigenvalue weighted by Crippen LogP contribution is -2.13. The first-order chi connectivity index (χ1) is 16.2. The summed E-state index contributed by atoms with van der Waals surface area (Å²) in [6.07, 6.45) is 0. The van der Waals surface area contributed by atoms with Crippen LogP contribution in [0.4, 0.5) is 17.1 Å². The standard InChI is InChI=1S/C28H20ClN3O/c29-25-12-6-4-11-23(25)27-18-24(22-10-5-7-13-26(22)32-27)28(33)31-21-16-14-20(15-17-21)30-19-8-2-1-3-9-19/h1-18,30H,(H,31,33). The predicted octanol–water partition coefficient (Wildman–Crippen LogP) is 7.55. The van der Waals surface area contributed by atoms with Crippen molar-refractivity contribution in [3.05, 3.63) is 120 Å². The van der Waals surface area contributed by atoms with Crippen LogP contribution in [-0.4, -0.2) is 10.9 Å². The highest BCUT2D eigenvalue weighted by Crippen LogP contribution is 2.30. The van der Waals surface area contributed by atoms with Crippen LogP contribution in [0.3, 0.4) is 0 Å². The van der Waals surface area contributed by atoms with Gasteiger partial charge in [-0.15, -0.1) is 0 Å². The number of benzene rings is 4. The molecule has 5 heteroatoms. The number of halogens is 1. The highest BCUT2D eigenvalue weighted by molar-refractivity contribution is 6.33. The highest BCUT2D eigenvalue weighted by atomic mass is 35.5. The molecule has 5 aromatic rings. The third-order valence-corrected chi connectivity index (χ3v) is 5.65. The molecule has 0 saturated heterocycles. The van der Waals surface area contributed by atoms with E-state index in [1.807, 2.05) is 103 Å². The Hall–Kier alpha value is -4.15. The lowest BCUT2D eigenvalue weighted by atomic mass is 10.0. The molecule has 0 fully saturated rings. The summed E-state index contributed by atoms with van der Waals surface area (Å²) in [5.41, 5.74) is 5.38. The molecule has 2 N–H and O–H groups in total. The quantitative estimate of drug-likeness (QED) is 0.291. The van der Waals surface area contributed by atoms with Crippen LogP contribution in [0.5, 0.6) is 0 Å². The van der Waals surface area contributed by atoms with Gasteiger partial charge < -0.3 is 10.6 Å². The Morgan fingerprint density at radius 1 is 0.697 bits per heavy atom. The summed E-state index contributed by atoms with van der Waals surface area (Å²) in [4.78, 5) is 18.0. The maximum atomic E-state index is 13.3. The molecule has 0 aliphatic heterocycles. The Labute approximate surface area is 196 Å². The summed E-state index contributed by atoms with van der Waals surface area (Å²) in [6.45, 7) is 0. The van der Waals surface area contributed by atoms with E-state index in [0.717, 1.165) is 27.8 Å². The molecule has 0 radical (unpaired) electrons. The fourth-order valence-corrected chi connectivity index (χ4v) is 3.93. The zero-order chi connectivity index (χ0) is 22.6. The van der Waals surface area contributed by atoms with Crippen molar-refractivity contribution in [1.29, 1.82) is 0 Å². The Bertz CT molecular complexity index is 1430. The summed E-state index contributed by atoms with van der Waals surface area (Å²) in [5.74, 6) is -0.203. The van der Waals surface area contributed by atoms with Crippen molar-refractivity contribution in [3.8, 4) is 11.3 Å². The van der Waals surface area contributed by atoms with Gasteiger partial charge in [0.15, 0.2) is 0 Å². The van der Waals surface area contributed by atoms with Crippen LogP contribution in [0.25, 0.3) is 22.2 Å². The van der Waals surface area contributed by atoms with Gasteiger partial charge in [0, 0.05) is 33.0 Å². The van der Waals surface area contributed by atoms with Crippen LogP contribution in [-0.2, 0) is 0 Å². The third-order valence-electron chi connectivity index (χ3n) is 5.32. The van der Waals surface area contributed by atoms with Crippen LogP contribution in [0.2, 0.25) is 5.02 Å². The van der Waals surface area contributed by atoms with Gasteiger partial charge in [-0.25, -0.2) is 4.98 Å². The number of pyridine rings is 1. The number of hydrogen-bond donors (Lipinski definition) is 2. The van der Waals surface area contributed by atoms with E-state index in [4.69, 9.17) is 16.6 Å².